The van der Waals surface area contributed by atoms with Gasteiger partial charge in [-0.2, -0.15) is 0 Å². The van der Waals surface area contributed by atoms with Gasteiger partial charge in [-0.25, -0.2) is 9.59 Å². The Hall–Kier alpha value is -4.24. The summed E-state index contributed by atoms with van der Waals surface area (Å²) in [7, 11) is 1.88. The molecule has 2 rings (SSSR count). The number of ether oxygens (including phenoxy) is 4. The topological polar surface area (TPSA) is 108 Å². The third kappa shape index (κ3) is 11.7. The Labute approximate surface area is 235 Å². The van der Waals surface area contributed by atoms with Crippen molar-refractivity contribution in [3.63, 3.8) is 0 Å². The molecule has 2 aromatic rings. The molecule has 0 aliphatic rings. The maximum absolute atomic E-state index is 12.5. The second-order valence-electron chi connectivity index (χ2n) is 9.34. The van der Waals surface area contributed by atoms with Gasteiger partial charge >= 0.3 is 17.9 Å². The van der Waals surface area contributed by atoms with Gasteiger partial charge in [0.05, 0.1) is 13.0 Å². The van der Waals surface area contributed by atoms with Crippen LogP contribution >= 0.6 is 0 Å². The van der Waals surface area contributed by atoms with Crippen LogP contribution in [0.5, 0.6) is 5.75 Å². The minimum atomic E-state index is -0.961. The predicted molar refractivity (Wildman–Crippen MR) is 150 cm³/mol. The van der Waals surface area contributed by atoms with Crippen molar-refractivity contribution < 1.29 is 38.1 Å². The quantitative estimate of drug-likeness (QED) is 0.0941. The second kappa shape index (κ2) is 16.7. The van der Waals surface area contributed by atoms with Gasteiger partial charge in [0.1, 0.15) is 19.0 Å². The van der Waals surface area contributed by atoms with E-state index in [0.29, 0.717) is 36.6 Å². The first-order valence-corrected chi connectivity index (χ1v) is 12.9. The van der Waals surface area contributed by atoms with Crippen molar-refractivity contribution in [2.75, 3.05) is 40.0 Å². The Kier molecular flexibility index (Phi) is 13.3. The Balaban J connectivity index is 1.67. The van der Waals surface area contributed by atoms with E-state index in [1.165, 1.54) is 13.8 Å². The van der Waals surface area contributed by atoms with Gasteiger partial charge in [-0.05, 0) is 51.6 Å². The van der Waals surface area contributed by atoms with Crippen molar-refractivity contribution >= 4 is 23.7 Å². The molecule has 0 radical (unpaired) electrons. The summed E-state index contributed by atoms with van der Waals surface area (Å²) in [6, 6.07) is 16.1. The van der Waals surface area contributed by atoms with Gasteiger partial charge in [0.25, 0.3) is 0 Å². The zero-order chi connectivity index (χ0) is 29.5. The van der Waals surface area contributed by atoms with Gasteiger partial charge in [-0.1, -0.05) is 43.5 Å². The van der Waals surface area contributed by atoms with Crippen LogP contribution in [0.15, 0.2) is 78.9 Å². The van der Waals surface area contributed by atoms with E-state index in [1.54, 1.807) is 36.4 Å². The van der Waals surface area contributed by atoms with Crippen LogP contribution < -0.4 is 4.74 Å². The van der Waals surface area contributed by atoms with E-state index in [1.807, 2.05) is 30.1 Å². The molecule has 9 nitrogen and oxygen atoms in total. The van der Waals surface area contributed by atoms with E-state index in [2.05, 4.69) is 13.2 Å². The lowest BCUT2D eigenvalue weighted by atomic mass is 10.0. The van der Waals surface area contributed by atoms with E-state index in [0.717, 1.165) is 6.42 Å². The molecule has 9 heteroatoms. The zero-order valence-electron chi connectivity index (χ0n) is 23.4. The first kappa shape index (κ1) is 32.0. The number of rotatable bonds is 17. The Morgan fingerprint density at radius 1 is 0.800 bits per heavy atom. The fraction of sp³-hybridized carbons (Fsp3) is 0.355. The first-order chi connectivity index (χ1) is 19.1. The first-order valence-electron chi connectivity index (χ1n) is 12.9. The van der Waals surface area contributed by atoms with Crippen LogP contribution in [0, 0.1) is 0 Å². The highest BCUT2D eigenvalue weighted by molar-refractivity contribution is 6.09. The average Bonchev–Trinajstić information content (AvgIpc) is 2.95. The molecule has 0 saturated carbocycles. The molecular formula is C31H37NO8. The van der Waals surface area contributed by atoms with E-state index in [9.17, 15) is 19.2 Å². The summed E-state index contributed by atoms with van der Waals surface area (Å²) in [5.41, 5.74) is 1.60. The zero-order valence-corrected chi connectivity index (χ0v) is 23.4. The number of esters is 3. The molecule has 0 amide bonds. The average molecular weight is 552 g/mol. The molecule has 0 aromatic heterocycles. The molecule has 0 N–H and O–H groups in total. The predicted octanol–water partition coefficient (Wildman–Crippen LogP) is 4.16. The standard InChI is InChI=1S/C31H37NO8/c1-22(2)30(35)39-21-27(40-31(36)23(3)4)20-38-28(33)16-18-32(5)17-9-19-37-26-14-12-25(13-15-26)29(34)24-10-7-6-8-11-24/h6-8,10-15,27H,1,3,9,16-21H2,2,4-5H3. The molecule has 0 saturated heterocycles. The SMILES string of the molecule is C=C(C)C(=O)OCC(COC(=O)CCN(C)CCCOc1ccc(C(=O)c2ccccc2)cc1)OC(=O)C(=C)C. The molecular weight excluding hydrogens is 514 g/mol. The van der Waals surface area contributed by atoms with Crippen molar-refractivity contribution in [3.05, 3.63) is 90.0 Å². The van der Waals surface area contributed by atoms with Crippen LogP contribution in [0.25, 0.3) is 0 Å². The monoisotopic (exact) mass is 551 g/mol. The van der Waals surface area contributed by atoms with Crippen molar-refractivity contribution in [2.45, 2.75) is 32.8 Å². The molecule has 2 aromatic carbocycles. The molecule has 0 heterocycles. The lowest BCUT2D eigenvalue weighted by Crippen LogP contribution is -2.32. The van der Waals surface area contributed by atoms with Crippen LogP contribution in [0.1, 0.15) is 42.6 Å². The molecule has 0 fully saturated rings. The molecule has 214 valence electrons. The van der Waals surface area contributed by atoms with Gasteiger partial charge in [0, 0.05) is 35.4 Å². The van der Waals surface area contributed by atoms with Crippen LogP contribution in [0.2, 0.25) is 0 Å². The number of ketones is 1. The maximum atomic E-state index is 12.5. The van der Waals surface area contributed by atoms with Gasteiger partial charge in [0.15, 0.2) is 11.9 Å². The van der Waals surface area contributed by atoms with Crippen molar-refractivity contribution in [3.8, 4) is 5.75 Å². The molecule has 0 aliphatic heterocycles. The molecule has 0 bridgehead atoms. The van der Waals surface area contributed by atoms with E-state index >= 15 is 0 Å². The van der Waals surface area contributed by atoms with Crippen LogP contribution in [0.3, 0.4) is 0 Å². The summed E-state index contributed by atoms with van der Waals surface area (Å²) in [6.07, 6.45) is -0.110. The highest BCUT2D eigenvalue weighted by atomic mass is 16.6. The van der Waals surface area contributed by atoms with E-state index in [4.69, 9.17) is 18.9 Å². The summed E-state index contributed by atoms with van der Waals surface area (Å²) >= 11 is 0. The lowest BCUT2D eigenvalue weighted by molar-refractivity contribution is -0.163. The summed E-state index contributed by atoms with van der Waals surface area (Å²) in [6.45, 7) is 11.1. The van der Waals surface area contributed by atoms with Gasteiger partial charge in [-0.15, -0.1) is 0 Å². The largest absolute Gasteiger partial charge is 0.494 e. The highest BCUT2D eigenvalue weighted by Gasteiger charge is 2.20. The fourth-order valence-electron chi connectivity index (χ4n) is 3.30. The Morgan fingerprint density at radius 3 is 2.02 bits per heavy atom. The van der Waals surface area contributed by atoms with Crippen molar-refractivity contribution in [1.29, 1.82) is 0 Å². The van der Waals surface area contributed by atoms with Crippen LogP contribution in [0.4, 0.5) is 0 Å². The van der Waals surface area contributed by atoms with E-state index < -0.39 is 24.0 Å². The number of nitrogens with zero attached hydrogens (tertiary/aromatic N) is 1. The fourth-order valence-corrected chi connectivity index (χ4v) is 3.30. The molecule has 1 atom stereocenters. The maximum Gasteiger partial charge on any atom is 0.333 e. The summed E-state index contributed by atoms with van der Waals surface area (Å²) < 4.78 is 21.2. The number of hydrogen-bond acceptors (Lipinski definition) is 9. The number of carbonyl (C=O) groups is 4. The molecule has 0 spiro atoms. The van der Waals surface area contributed by atoms with Crippen molar-refractivity contribution in [2.24, 2.45) is 0 Å². The Morgan fingerprint density at radius 2 is 1.40 bits per heavy atom. The number of carbonyl (C=O) groups excluding carboxylic acids is 4. The van der Waals surface area contributed by atoms with Crippen LogP contribution in [-0.4, -0.2) is 74.7 Å². The smallest absolute Gasteiger partial charge is 0.333 e. The molecule has 40 heavy (non-hydrogen) atoms. The second-order valence-corrected chi connectivity index (χ2v) is 9.34. The van der Waals surface area contributed by atoms with Gasteiger partial charge < -0.3 is 23.8 Å². The summed E-state index contributed by atoms with van der Waals surface area (Å²) in [5, 5.41) is 0. The number of hydrogen-bond donors (Lipinski definition) is 0. The Bertz CT molecular complexity index is 1170. The lowest BCUT2D eigenvalue weighted by Gasteiger charge is -2.19. The molecule has 1 unspecified atom stereocenters. The normalized spacial score (nSPS) is 11.3. The summed E-state index contributed by atoms with van der Waals surface area (Å²) in [5.74, 6) is -1.15. The van der Waals surface area contributed by atoms with Crippen LogP contribution in [-0.2, 0) is 28.6 Å². The third-order valence-corrected chi connectivity index (χ3v) is 5.60. The van der Waals surface area contributed by atoms with E-state index in [-0.39, 0.29) is 36.6 Å². The summed E-state index contributed by atoms with van der Waals surface area (Å²) in [4.78, 5) is 50.2. The molecule has 0 aliphatic carbocycles. The third-order valence-electron chi connectivity index (χ3n) is 5.60. The van der Waals surface area contributed by atoms with Gasteiger partial charge in [-0.3, -0.25) is 9.59 Å². The minimum Gasteiger partial charge on any atom is -0.494 e. The van der Waals surface area contributed by atoms with Crippen molar-refractivity contribution in [1.82, 2.24) is 4.90 Å². The van der Waals surface area contributed by atoms with Gasteiger partial charge in [0.2, 0.25) is 0 Å². The highest BCUT2D eigenvalue weighted by Crippen LogP contribution is 2.16. The number of benzene rings is 2. The minimum absolute atomic E-state index is 0.0399.